The van der Waals surface area contributed by atoms with E-state index in [1.54, 1.807) is 0 Å². The Labute approximate surface area is 355 Å². The van der Waals surface area contributed by atoms with Crippen molar-refractivity contribution in [2.24, 2.45) is 0 Å². The molecule has 1 rings (SSSR count). The third-order valence-corrected chi connectivity index (χ3v) is 11.5. The van der Waals surface area contributed by atoms with Crippen LogP contribution in [0.1, 0.15) is 105 Å². The number of phenolic OH excluding ortho intramolecular Hbond substituents is 1. The number of hydrogen-bond donors (Lipinski definition) is 5. The Balaban J connectivity index is 0.00000181. The molecule has 0 amide bonds. The van der Waals surface area contributed by atoms with Gasteiger partial charge in [-0.25, -0.2) is 0 Å². The Morgan fingerprint density at radius 2 is 0.750 bits per heavy atom. The molecule has 18 heteroatoms. The molecule has 0 aromatic heterocycles. The summed E-state index contributed by atoms with van der Waals surface area (Å²) in [5.74, 6) is -2.83. The molecule has 0 heterocycles. The second-order valence-corrected chi connectivity index (χ2v) is 16.1. The minimum atomic E-state index is -1.24. The lowest BCUT2D eigenvalue weighted by molar-refractivity contribution is -0.182. The summed E-state index contributed by atoms with van der Waals surface area (Å²) in [6, 6.07) is 0. The molecule has 0 aliphatic rings. The highest BCUT2D eigenvalue weighted by atomic mass is 35.5. The fourth-order valence-electron chi connectivity index (χ4n) is 4.07. The zero-order valence-corrected chi connectivity index (χ0v) is 37.1. The van der Waals surface area contributed by atoms with Gasteiger partial charge in [0, 0.05) is 0 Å². The Morgan fingerprint density at radius 1 is 0.500 bits per heavy atom. The lowest BCUT2D eigenvalue weighted by Gasteiger charge is -2.28. The van der Waals surface area contributed by atoms with Gasteiger partial charge < -0.3 is 24.1 Å². The number of halogens is 5. The number of carbonyl (C=O) groups is 4. The van der Waals surface area contributed by atoms with Gasteiger partial charge in [-0.05, 0) is 25.7 Å². The van der Waals surface area contributed by atoms with E-state index in [1.807, 2.05) is 27.7 Å². The minimum Gasteiger partial charge on any atom is -0.505 e. The third-order valence-electron chi connectivity index (χ3n) is 7.33. The van der Waals surface area contributed by atoms with E-state index in [1.165, 1.54) is 0 Å². The highest BCUT2D eigenvalue weighted by Gasteiger charge is 2.35. The van der Waals surface area contributed by atoms with Crippen LogP contribution in [0.3, 0.4) is 0 Å². The molecule has 4 unspecified atom stereocenters. The SMILES string of the molecule is CCCCC(S)C(=O)OC[C@H](OC(=O)C(S)CCCC)[C@@H](COC(=O)C(S)CCCC)OC(=O)C(S)CCCC.Oc1c(Cl)c(Cl)c(Cl)c(Cl)c1Cl. The summed E-state index contributed by atoms with van der Waals surface area (Å²) in [6.07, 6.45) is 6.15. The second kappa shape index (κ2) is 29.1. The van der Waals surface area contributed by atoms with Crippen LogP contribution < -0.4 is 0 Å². The van der Waals surface area contributed by atoms with Crippen LogP contribution in [0.5, 0.6) is 5.75 Å². The molecule has 300 valence electrons. The molecule has 0 aliphatic carbocycles. The van der Waals surface area contributed by atoms with E-state index >= 15 is 0 Å². The Morgan fingerprint density at radius 3 is 1.02 bits per heavy atom. The van der Waals surface area contributed by atoms with E-state index in [0.29, 0.717) is 25.7 Å². The highest BCUT2D eigenvalue weighted by molar-refractivity contribution is 7.82. The van der Waals surface area contributed by atoms with Crippen LogP contribution in [-0.2, 0) is 38.1 Å². The number of thiol groups is 4. The molecule has 1 aromatic rings. The maximum Gasteiger partial charge on any atom is 0.319 e. The zero-order valence-electron chi connectivity index (χ0n) is 29.8. The van der Waals surface area contributed by atoms with Gasteiger partial charge in [0.15, 0.2) is 18.0 Å². The third kappa shape index (κ3) is 19.6. The molecule has 6 atom stereocenters. The Hall–Kier alpha value is -0.250. The lowest BCUT2D eigenvalue weighted by Crippen LogP contribution is -2.45. The van der Waals surface area contributed by atoms with Crippen molar-refractivity contribution in [3.63, 3.8) is 0 Å². The normalized spacial score (nSPS) is 14.5. The number of phenols is 1. The first kappa shape index (κ1) is 51.8. The van der Waals surface area contributed by atoms with Gasteiger partial charge >= 0.3 is 23.9 Å². The Kier molecular flexibility index (Phi) is 28.9. The summed E-state index contributed by atoms with van der Waals surface area (Å²) in [5.41, 5.74) is 0. The topological polar surface area (TPSA) is 125 Å². The van der Waals surface area contributed by atoms with Gasteiger partial charge in [0.25, 0.3) is 0 Å². The number of aromatic hydroxyl groups is 1. The zero-order chi connectivity index (χ0) is 40.0. The van der Waals surface area contributed by atoms with Crippen LogP contribution in [0.15, 0.2) is 0 Å². The molecule has 1 N–H and O–H groups in total. The van der Waals surface area contributed by atoms with Crippen molar-refractivity contribution in [2.75, 3.05) is 13.2 Å². The van der Waals surface area contributed by atoms with Crippen molar-refractivity contribution in [2.45, 2.75) is 138 Å². The fraction of sp³-hybridized carbons (Fsp3) is 0.706. The van der Waals surface area contributed by atoms with Gasteiger partial charge in [-0.15, -0.1) is 0 Å². The summed E-state index contributed by atoms with van der Waals surface area (Å²) in [5, 5.41) is 6.25. The molecule has 9 nitrogen and oxygen atoms in total. The van der Waals surface area contributed by atoms with Crippen LogP contribution in [0.4, 0.5) is 0 Å². The van der Waals surface area contributed by atoms with Gasteiger partial charge in [-0.3, -0.25) is 19.2 Å². The maximum absolute atomic E-state index is 12.9. The summed E-state index contributed by atoms with van der Waals surface area (Å²) >= 11 is 45.3. The van der Waals surface area contributed by atoms with Crippen molar-refractivity contribution >= 4 is 132 Å². The van der Waals surface area contributed by atoms with Crippen molar-refractivity contribution in [1.29, 1.82) is 0 Å². The molecule has 0 radical (unpaired) electrons. The van der Waals surface area contributed by atoms with E-state index in [4.69, 9.17) is 77.0 Å². The molecule has 0 bridgehead atoms. The summed E-state index contributed by atoms with van der Waals surface area (Å²) < 4.78 is 22.2. The second-order valence-electron chi connectivity index (χ2n) is 11.8. The van der Waals surface area contributed by atoms with E-state index in [9.17, 15) is 24.3 Å². The van der Waals surface area contributed by atoms with E-state index in [0.717, 1.165) is 51.4 Å². The van der Waals surface area contributed by atoms with Gasteiger partial charge in [0.1, 0.15) is 23.3 Å². The summed E-state index contributed by atoms with van der Waals surface area (Å²) in [6.45, 7) is 7.16. The average molecular weight is 909 g/mol. The highest BCUT2D eigenvalue weighted by Crippen LogP contribution is 2.47. The van der Waals surface area contributed by atoms with Crippen LogP contribution >= 0.6 is 109 Å². The number of ether oxygens (including phenoxy) is 4. The van der Waals surface area contributed by atoms with Crippen LogP contribution in [-0.4, -0.2) is 75.4 Å². The molecule has 0 saturated heterocycles. The largest absolute Gasteiger partial charge is 0.505 e. The fourth-order valence-corrected chi connectivity index (χ4v) is 6.19. The first-order valence-corrected chi connectivity index (χ1v) is 21.1. The molecule has 0 saturated carbocycles. The molecular weight excluding hydrogens is 858 g/mol. The molecule has 0 aliphatic heterocycles. The predicted molar refractivity (Wildman–Crippen MR) is 224 cm³/mol. The minimum absolute atomic E-state index is 0.00904. The molecular formula is C34H51Cl5O9S4. The average Bonchev–Trinajstić information content (AvgIpc) is 3.14. The number of hydrogen-bond acceptors (Lipinski definition) is 13. The van der Waals surface area contributed by atoms with Gasteiger partial charge in [-0.2, -0.15) is 50.5 Å². The van der Waals surface area contributed by atoms with E-state index in [2.05, 4.69) is 50.5 Å². The quantitative estimate of drug-likeness (QED) is 0.0240. The maximum atomic E-state index is 12.9. The number of unbranched alkanes of at least 4 members (excludes halogenated alkanes) is 4. The van der Waals surface area contributed by atoms with Gasteiger partial charge in [0.05, 0.1) is 36.1 Å². The smallest absolute Gasteiger partial charge is 0.319 e. The van der Waals surface area contributed by atoms with Crippen LogP contribution in [0.2, 0.25) is 25.1 Å². The number of benzene rings is 1. The first-order valence-electron chi connectivity index (χ1n) is 17.1. The summed E-state index contributed by atoms with van der Waals surface area (Å²) in [7, 11) is 0. The van der Waals surface area contributed by atoms with Crippen molar-refractivity contribution in [3.8, 4) is 5.75 Å². The van der Waals surface area contributed by atoms with Crippen molar-refractivity contribution < 1.29 is 43.2 Å². The molecule has 52 heavy (non-hydrogen) atoms. The first-order chi connectivity index (χ1) is 24.5. The lowest BCUT2D eigenvalue weighted by atomic mass is 10.1. The van der Waals surface area contributed by atoms with Crippen molar-refractivity contribution in [3.05, 3.63) is 25.1 Å². The number of carbonyl (C=O) groups excluding carboxylic acids is 4. The van der Waals surface area contributed by atoms with Crippen molar-refractivity contribution in [1.82, 2.24) is 0 Å². The predicted octanol–water partition coefficient (Wildman–Crippen LogP) is 10.5. The summed E-state index contributed by atoms with van der Waals surface area (Å²) in [4.78, 5) is 50.9. The monoisotopic (exact) mass is 906 g/mol. The number of esters is 4. The Bertz CT molecular complexity index is 1100. The van der Waals surface area contributed by atoms with Gasteiger partial charge in [-0.1, -0.05) is 137 Å². The van der Waals surface area contributed by atoms with Crippen LogP contribution in [0, 0.1) is 0 Å². The van der Waals surface area contributed by atoms with E-state index < -0.39 is 70.3 Å². The van der Waals surface area contributed by atoms with Crippen LogP contribution in [0.25, 0.3) is 0 Å². The molecule has 0 spiro atoms. The standard InChI is InChI=1S/C28H50O8S4.C6HCl5O/c1-5-9-13-21(37)25(29)33-17-19(35-27(31)23(39)15-11-7-3)20(36-28(32)24(40)16-12-8-4)18-34-26(30)22(38)14-10-6-2;7-1-2(8)4(10)6(12)5(11)3(1)9/h19-24,37-40H,5-18H2,1-4H3;12H/t19-,20+,21?,22?,23?,24?;. The van der Waals surface area contributed by atoms with E-state index in [-0.39, 0.29) is 30.9 Å². The molecule has 1 aromatic carbocycles. The van der Waals surface area contributed by atoms with Gasteiger partial charge in [0.2, 0.25) is 0 Å². The molecule has 0 fully saturated rings. The number of rotatable bonds is 23.